The van der Waals surface area contributed by atoms with Crippen LogP contribution in [0.5, 0.6) is 0 Å². The van der Waals surface area contributed by atoms with Crippen LogP contribution in [0, 0.1) is 0 Å². The number of hydrogen-bond acceptors (Lipinski definition) is 4. The lowest BCUT2D eigenvalue weighted by Gasteiger charge is -2.17. The van der Waals surface area contributed by atoms with Gasteiger partial charge in [-0.05, 0) is 42.7 Å². The van der Waals surface area contributed by atoms with Gasteiger partial charge in [0.2, 0.25) is 0 Å². The molecule has 6 heteroatoms. The smallest absolute Gasteiger partial charge is 0.319 e. The number of nitrogens with zero attached hydrogens (tertiary/aromatic N) is 2. The lowest BCUT2D eigenvalue weighted by atomic mass is 10.1. The Balaban J connectivity index is 1.23. The van der Waals surface area contributed by atoms with Crippen molar-refractivity contribution in [2.45, 2.75) is 18.9 Å². The molecule has 1 unspecified atom stereocenters. The number of rotatable bonds is 6. The Labute approximate surface area is 177 Å². The van der Waals surface area contributed by atoms with E-state index in [-0.39, 0.29) is 12.1 Å². The number of nitrogens with one attached hydrogen (secondary N) is 2. The Morgan fingerprint density at radius 3 is 2.60 bits per heavy atom. The second-order valence-corrected chi connectivity index (χ2v) is 7.65. The molecule has 0 radical (unpaired) electrons. The third-order valence-corrected chi connectivity index (χ3v) is 5.38. The van der Waals surface area contributed by atoms with E-state index in [1.807, 2.05) is 42.5 Å². The van der Waals surface area contributed by atoms with Gasteiger partial charge in [0.15, 0.2) is 0 Å². The molecule has 2 heterocycles. The molecule has 30 heavy (non-hydrogen) atoms. The van der Waals surface area contributed by atoms with Crippen LogP contribution in [0.15, 0.2) is 72.8 Å². The summed E-state index contributed by atoms with van der Waals surface area (Å²) in [5.41, 5.74) is 9.84. The fourth-order valence-corrected chi connectivity index (χ4v) is 3.77. The maximum Gasteiger partial charge on any atom is 0.319 e. The summed E-state index contributed by atoms with van der Waals surface area (Å²) < 4.78 is 0. The molecule has 2 amide bonds. The maximum atomic E-state index is 12.2. The van der Waals surface area contributed by atoms with E-state index in [9.17, 15) is 4.79 Å². The van der Waals surface area contributed by atoms with E-state index in [4.69, 9.17) is 5.73 Å². The molecule has 4 N–H and O–H groups in total. The number of hydrogen-bond donors (Lipinski definition) is 3. The first-order chi connectivity index (χ1) is 14.7. The molecule has 1 aliphatic heterocycles. The lowest BCUT2D eigenvalue weighted by molar-refractivity contribution is 0.247. The summed E-state index contributed by atoms with van der Waals surface area (Å²) in [4.78, 5) is 18.9. The summed E-state index contributed by atoms with van der Waals surface area (Å²) in [7, 11) is 0. The summed E-state index contributed by atoms with van der Waals surface area (Å²) >= 11 is 0. The lowest BCUT2D eigenvalue weighted by Crippen LogP contribution is -2.39. The number of carbonyl (C=O) groups excluding carboxylic acids is 1. The van der Waals surface area contributed by atoms with Crippen LogP contribution in [-0.2, 0) is 6.42 Å². The van der Waals surface area contributed by atoms with E-state index in [1.165, 1.54) is 5.56 Å². The van der Waals surface area contributed by atoms with Crippen molar-refractivity contribution in [3.8, 4) is 11.3 Å². The molecule has 0 aliphatic carbocycles. The van der Waals surface area contributed by atoms with Crippen LogP contribution in [0.25, 0.3) is 11.3 Å². The fourth-order valence-electron chi connectivity index (χ4n) is 3.77. The highest BCUT2D eigenvalue weighted by Crippen LogP contribution is 2.19. The van der Waals surface area contributed by atoms with Gasteiger partial charge in [-0.25, -0.2) is 9.78 Å². The third-order valence-electron chi connectivity index (χ3n) is 5.38. The molecule has 1 fully saturated rings. The van der Waals surface area contributed by atoms with E-state index >= 15 is 0 Å². The molecule has 0 saturated carbocycles. The second kappa shape index (κ2) is 9.41. The summed E-state index contributed by atoms with van der Waals surface area (Å²) in [6, 6.07) is 23.7. The van der Waals surface area contributed by atoms with Gasteiger partial charge in [0.1, 0.15) is 5.82 Å². The molecule has 2 aromatic carbocycles. The number of urea groups is 1. The van der Waals surface area contributed by atoms with Crippen LogP contribution in [0.1, 0.15) is 12.0 Å². The number of pyridine rings is 1. The van der Waals surface area contributed by atoms with E-state index in [0.717, 1.165) is 49.4 Å². The monoisotopic (exact) mass is 401 g/mol. The van der Waals surface area contributed by atoms with Crippen LogP contribution in [0.4, 0.5) is 16.3 Å². The number of anilines is 2. The van der Waals surface area contributed by atoms with Crippen molar-refractivity contribution in [3.05, 3.63) is 78.4 Å². The zero-order valence-corrected chi connectivity index (χ0v) is 16.9. The quantitative estimate of drug-likeness (QED) is 0.587. The first-order valence-corrected chi connectivity index (χ1v) is 10.3. The van der Waals surface area contributed by atoms with Crippen molar-refractivity contribution in [1.82, 2.24) is 15.2 Å². The summed E-state index contributed by atoms with van der Waals surface area (Å²) in [6.07, 6.45) is 1.95. The largest absolute Gasteiger partial charge is 0.384 e. The molecule has 1 aromatic heterocycles. The minimum absolute atomic E-state index is 0.140. The number of nitrogen functional groups attached to an aromatic ring is 1. The number of para-hydroxylation sites is 1. The minimum atomic E-state index is -0.140. The average molecular weight is 402 g/mol. The number of amides is 2. The Morgan fingerprint density at radius 2 is 1.83 bits per heavy atom. The molecule has 154 valence electrons. The summed E-state index contributed by atoms with van der Waals surface area (Å²) in [6.45, 7) is 2.86. The Kier molecular flexibility index (Phi) is 6.25. The van der Waals surface area contributed by atoms with E-state index in [2.05, 4.69) is 44.8 Å². The number of aromatic nitrogens is 1. The van der Waals surface area contributed by atoms with Gasteiger partial charge in [-0.15, -0.1) is 0 Å². The number of nitrogens with two attached hydrogens (primary N) is 1. The second-order valence-electron chi connectivity index (χ2n) is 7.65. The number of carbonyl (C=O) groups is 1. The van der Waals surface area contributed by atoms with Crippen LogP contribution < -0.4 is 16.4 Å². The molecule has 0 spiro atoms. The van der Waals surface area contributed by atoms with Crippen molar-refractivity contribution >= 4 is 17.5 Å². The molecule has 1 saturated heterocycles. The van der Waals surface area contributed by atoms with Crippen LogP contribution >= 0.6 is 0 Å². The summed E-state index contributed by atoms with van der Waals surface area (Å²) in [5, 5.41) is 5.96. The molecule has 1 aliphatic rings. The Bertz CT molecular complexity index is 974. The maximum absolute atomic E-state index is 12.2. The SMILES string of the molecule is Nc1cccc(-c2ccc(CCN3CCC(NC(=O)Nc4ccccc4)C3)cc2)n1. The van der Waals surface area contributed by atoms with Gasteiger partial charge in [0, 0.05) is 36.9 Å². The van der Waals surface area contributed by atoms with Crippen molar-refractivity contribution in [2.75, 3.05) is 30.7 Å². The Hall–Kier alpha value is -3.38. The van der Waals surface area contributed by atoms with Crippen molar-refractivity contribution in [2.24, 2.45) is 0 Å². The third kappa shape index (κ3) is 5.36. The van der Waals surface area contributed by atoms with Gasteiger partial charge in [-0.1, -0.05) is 48.5 Å². The van der Waals surface area contributed by atoms with Gasteiger partial charge in [0.25, 0.3) is 0 Å². The molecule has 6 nitrogen and oxygen atoms in total. The molecule has 4 rings (SSSR count). The van der Waals surface area contributed by atoms with Crippen LogP contribution in [0.2, 0.25) is 0 Å². The highest BCUT2D eigenvalue weighted by molar-refractivity contribution is 5.89. The normalized spacial score (nSPS) is 16.3. The first-order valence-electron chi connectivity index (χ1n) is 10.3. The highest BCUT2D eigenvalue weighted by atomic mass is 16.2. The standard InChI is InChI=1S/C24H27N5O/c25-23-8-4-7-22(28-23)19-11-9-18(10-12-19)13-15-29-16-14-21(17-29)27-24(30)26-20-5-2-1-3-6-20/h1-12,21H,13-17H2,(H2,25,28)(H2,26,27,30). The van der Waals surface area contributed by atoms with E-state index in [1.54, 1.807) is 6.07 Å². The molecule has 0 bridgehead atoms. The predicted octanol–water partition coefficient (Wildman–Crippen LogP) is 3.77. The zero-order valence-electron chi connectivity index (χ0n) is 16.9. The van der Waals surface area contributed by atoms with Gasteiger partial charge in [-0.3, -0.25) is 0 Å². The molecular weight excluding hydrogens is 374 g/mol. The van der Waals surface area contributed by atoms with E-state index in [0.29, 0.717) is 5.82 Å². The molecular formula is C24H27N5O. The van der Waals surface area contributed by atoms with Crippen LogP contribution in [0.3, 0.4) is 0 Å². The van der Waals surface area contributed by atoms with Crippen molar-refractivity contribution in [1.29, 1.82) is 0 Å². The highest BCUT2D eigenvalue weighted by Gasteiger charge is 2.23. The number of likely N-dealkylation sites (tertiary alicyclic amines) is 1. The van der Waals surface area contributed by atoms with Crippen molar-refractivity contribution < 1.29 is 4.79 Å². The predicted molar refractivity (Wildman–Crippen MR) is 121 cm³/mol. The fraction of sp³-hybridized carbons (Fsp3) is 0.250. The van der Waals surface area contributed by atoms with Crippen molar-refractivity contribution in [3.63, 3.8) is 0 Å². The minimum Gasteiger partial charge on any atom is -0.384 e. The van der Waals surface area contributed by atoms with Gasteiger partial charge in [0.05, 0.1) is 5.69 Å². The first kappa shape index (κ1) is 19.9. The van der Waals surface area contributed by atoms with E-state index < -0.39 is 0 Å². The van der Waals surface area contributed by atoms with Gasteiger partial charge < -0.3 is 21.3 Å². The molecule has 1 atom stereocenters. The Morgan fingerprint density at radius 1 is 1.03 bits per heavy atom. The summed E-state index contributed by atoms with van der Waals surface area (Å²) in [5.74, 6) is 0.534. The average Bonchev–Trinajstić information content (AvgIpc) is 3.20. The number of benzene rings is 2. The zero-order chi connectivity index (χ0) is 20.8. The van der Waals surface area contributed by atoms with Gasteiger partial charge in [-0.2, -0.15) is 0 Å². The molecule has 3 aromatic rings. The topological polar surface area (TPSA) is 83.3 Å². The van der Waals surface area contributed by atoms with Gasteiger partial charge >= 0.3 is 6.03 Å². The van der Waals surface area contributed by atoms with Crippen LogP contribution in [-0.4, -0.2) is 41.6 Å².